The number of carbonyl (C=O) groups excluding carboxylic acids is 1. The first kappa shape index (κ1) is 14.5. The van der Waals surface area contributed by atoms with Crippen molar-refractivity contribution in [2.75, 3.05) is 13.2 Å². The maximum absolute atomic E-state index is 12.7. The number of morpholine rings is 1. The number of ketones is 1. The Kier molecular flexibility index (Phi) is 3.71. The molecule has 0 aromatic carbocycles. The highest BCUT2D eigenvalue weighted by molar-refractivity contribution is 5.96. The van der Waals surface area contributed by atoms with Crippen molar-refractivity contribution in [3.8, 4) is 0 Å². The van der Waals surface area contributed by atoms with Crippen LogP contribution in [0.5, 0.6) is 0 Å². The van der Waals surface area contributed by atoms with Crippen LogP contribution in [-0.2, 0) is 10.9 Å². The Morgan fingerprint density at radius 1 is 1.24 bits per heavy atom. The van der Waals surface area contributed by atoms with Crippen LogP contribution >= 0.6 is 0 Å². The molecular weight excluding hydrogens is 285 g/mol. The molecule has 4 nitrogen and oxygen atoms in total. The van der Waals surface area contributed by atoms with Gasteiger partial charge in [-0.05, 0) is 25.0 Å². The Morgan fingerprint density at radius 2 is 1.90 bits per heavy atom. The molecule has 3 rings (SSSR count). The summed E-state index contributed by atoms with van der Waals surface area (Å²) in [6.07, 6.45) is -3.38. The lowest BCUT2D eigenvalue weighted by molar-refractivity contribution is -0.141. The van der Waals surface area contributed by atoms with Crippen molar-refractivity contribution < 1.29 is 22.7 Å². The molecule has 0 amide bonds. The number of hydrogen-bond donors (Lipinski definition) is 1. The molecule has 2 aliphatic heterocycles. The monoisotopic (exact) mass is 300 g/mol. The smallest absolute Gasteiger partial charge is 0.378 e. The Bertz CT molecular complexity index is 535. The number of fused-ring (bicyclic) bond motifs is 2. The van der Waals surface area contributed by atoms with Crippen LogP contribution in [-0.4, -0.2) is 36.1 Å². The molecule has 2 atom stereocenters. The molecule has 2 saturated heterocycles. The second-order valence-corrected chi connectivity index (χ2v) is 5.54. The average Bonchev–Trinajstić information content (AvgIpc) is 2.45. The van der Waals surface area contributed by atoms with Crippen LogP contribution in [0.2, 0.25) is 0 Å². The van der Waals surface area contributed by atoms with Crippen molar-refractivity contribution in [3.05, 3.63) is 29.6 Å². The number of carbonyl (C=O) groups is 1. The zero-order valence-corrected chi connectivity index (χ0v) is 11.2. The van der Waals surface area contributed by atoms with Gasteiger partial charge < -0.3 is 10.1 Å². The first-order valence-corrected chi connectivity index (χ1v) is 6.86. The topological polar surface area (TPSA) is 51.2 Å². The molecule has 1 N–H and O–H groups in total. The Balaban J connectivity index is 1.79. The van der Waals surface area contributed by atoms with E-state index < -0.39 is 11.9 Å². The van der Waals surface area contributed by atoms with Crippen molar-refractivity contribution in [1.29, 1.82) is 0 Å². The fourth-order valence-electron chi connectivity index (χ4n) is 2.99. The predicted octanol–water partition coefficient (Wildman–Crippen LogP) is 2.05. The fraction of sp³-hybridized carbons (Fsp3) is 0.571. The number of nitrogens with one attached hydrogen (secondary N) is 1. The van der Waals surface area contributed by atoms with Gasteiger partial charge in [0.05, 0.1) is 13.2 Å². The Labute approximate surface area is 119 Å². The van der Waals surface area contributed by atoms with Crippen LogP contribution in [0.15, 0.2) is 18.2 Å². The van der Waals surface area contributed by atoms with E-state index in [0.29, 0.717) is 26.1 Å². The zero-order valence-electron chi connectivity index (χ0n) is 11.2. The fourth-order valence-corrected chi connectivity index (χ4v) is 2.99. The number of halogens is 3. The number of aromatic nitrogens is 1. The summed E-state index contributed by atoms with van der Waals surface area (Å²) in [5, 5.41) is 3.35. The normalized spacial score (nSPS) is 29.2. The molecule has 0 aliphatic carbocycles. The minimum Gasteiger partial charge on any atom is -0.378 e. The van der Waals surface area contributed by atoms with E-state index >= 15 is 0 Å². The van der Waals surface area contributed by atoms with Crippen LogP contribution < -0.4 is 5.32 Å². The molecule has 7 heteroatoms. The van der Waals surface area contributed by atoms with Crippen molar-refractivity contribution in [1.82, 2.24) is 10.3 Å². The van der Waals surface area contributed by atoms with Gasteiger partial charge >= 0.3 is 6.18 Å². The van der Waals surface area contributed by atoms with Crippen molar-refractivity contribution >= 4 is 5.78 Å². The molecule has 114 valence electrons. The lowest BCUT2D eigenvalue weighted by atomic mass is 9.83. The van der Waals surface area contributed by atoms with E-state index in [1.807, 2.05) is 0 Å². The molecule has 1 aromatic rings. The maximum atomic E-state index is 12.7. The number of rotatable bonds is 2. The van der Waals surface area contributed by atoms with E-state index in [4.69, 9.17) is 4.74 Å². The zero-order chi connectivity index (χ0) is 15.0. The van der Waals surface area contributed by atoms with Gasteiger partial charge in [0.25, 0.3) is 0 Å². The van der Waals surface area contributed by atoms with Gasteiger partial charge in [-0.2, -0.15) is 13.2 Å². The number of piperidine rings is 1. The van der Waals surface area contributed by atoms with E-state index in [0.717, 1.165) is 6.07 Å². The van der Waals surface area contributed by atoms with E-state index in [1.54, 1.807) is 0 Å². The van der Waals surface area contributed by atoms with E-state index in [9.17, 15) is 18.0 Å². The molecule has 21 heavy (non-hydrogen) atoms. The van der Waals surface area contributed by atoms with Gasteiger partial charge in [-0.3, -0.25) is 4.79 Å². The standard InChI is InChI=1S/C14H15F3N2O2/c15-14(16,17)12-3-1-2-11(19-12)13(20)8-4-9-6-21-7-10(5-8)18-9/h1-3,8-10,18H,4-7H2. The molecule has 1 aromatic heterocycles. The summed E-state index contributed by atoms with van der Waals surface area (Å²) in [5.74, 6) is -0.597. The lowest BCUT2D eigenvalue weighted by Crippen LogP contribution is -2.55. The van der Waals surface area contributed by atoms with E-state index in [2.05, 4.69) is 10.3 Å². The molecule has 2 fully saturated rings. The second kappa shape index (κ2) is 5.38. The van der Waals surface area contributed by atoms with Gasteiger partial charge in [-0.25, -0.2) is 4.98 Å². The molecule has 2 unspecified atom stereocenters. The lowest BCUT2D eigenvalue weighted by Gasteiger charge is -2.39. The summed E-state index contributed by atoms with van der Waals surface area (Å²) in [6.45, 7) is 1.08. The van der Waals surface area contributed by atoms with Crippen LogP contribution in [0, 0.1) is 5.92 Å². The quantitative estimate of drug-likeness (QED) is 0.849. The molecule has 3 heterocycles. The van der Waals surface area contributed by atoms with Crippen LogP contribution in [0.3, 0.4) is 0 Å². The van der Waals surface area contributed by atoms with Crippen LogP contribution in [0.1, 0.15) is 29.0 Å². The Morgan fingerprint density at radius 3 is 2.52 bits per heavy atom. The van der Waals surface area contributed by atoms with Crippen molar-refractivity contribution in [2.45, 2.75) is 31.1 Å². The summed E-state index contributed by atoms with van der Waals surface area (Å²) in [5.41, 5.74) is -1.12. The first-order chi connectivity index (χ1) is 9.93. The summed E-state index contributed by atoms with van der Waals surface area (Å²) < 4.78 is 43.4. The summed E-state index contributed by atoms with van der Waals surface area (Å²) in [7, 11) is 0. The highest BCUT2D eigenvalue weighted by Gasteiger charge is 2.37. The van der Waals surface area contributed by atoms with Gasteiger partial charge in [0, 0.05) is 18.0 Å². The Hall–Kier alpha value is -1.47. The number of ether oxygens (including phenoxy) is 1. The average molecular weight is 300 g/mol. The molecule has 2 aliphatic rings. The van der Waals surface area contributed by atoms with Gasteiger partial charge in [-0.1, -0.05) is 6.07 Å². The summed E-state index contributed by atoms with van der Waals surface area (Å²) in [4.78, 5) is 15.9. The predicted molar refractivity (Wildman–Crippen MR) is 67.8 cm³/mol. The highest BCUT2D eigenvalue weighted by atomic mass is 19.4. The van der Waals surface area contributed by atoms with Gasteiger partial charge in [-0.15, -0.1) is 0 Å². The molecular formula is C14H15F3N2O2. The van der Waals surface area contributed by atoms with Gasteiger partial charge in [0.15, 0.2) is 5.78 Å². The molecule has 2 bridgehead atoms. The van der Waals surface area contributed by atoms with Crippen molar-refractivity contribution in [2.24, 2.45) is 5.92 Å². The molecule has 0 radical (unpaired) electrons. The van der Waals surface area contributed by atoms with Gasteiger partial charge in [0.1, 0.15) is 11.4 Å². The third-order valence-corrected chi connectivity index (χ3v) is 3.91. The van der Waals surface area contributed by atoms with E-state index in [-0.39, 0.29) is 29.5 Å². The first-order valence-electron chi connectivity index (χ1n) is 6.86. The van der Waals surface area contributed by atoms with Crippen LogP contribution in [0.4, 0.5) is 13.2 Å². The minimum absolute atomic E-state index is 0.0947. The second-order valence-electron chi connectivity index (χ2n) is 5.54. The highest BCUT2D eigenvalue weighted by Crippen LogP contribution is 2.30. The third kappa shape index (κ3) is 3.08. The summed E-state index contributed by atoms with van der Waals surface area (Å²) >= 11 is 0. The number of nitrogens with zero attached hydrogens (tertiary/aromatic N) is 1. The third-order valence-electron chi connectivity index (χ3n) is 3.91. The number of pyridine rings is 1. The minimum atomic E-state index is -4.53. The molecule has 0 saturated carbocycles. The van der Waals surface area contributed by atoms with Gasteiger partial charge in [0.2, 0.25) is 0 Å². The maximum Gasteiger partial charge on any atom is 0.433 e. The SMILES string of the molecule is O=C(c1cccc(C(F)(F)F)n1)C1CC2COCC(C1)N2. The number of Topliss-reactive ketones (excluding diaryl/α,β-unsaturated/α-hetero) is 1. The van der Waals surface area contributed by atoms with Crippen LogP contribution in [0.25, 0.3) is 0 Å². The van der Waals surface area contributed by atoms with Crippen molar-refractivity contribution in [3.63, 3.8) is 0 Å². The summed E-state index contributed by atoms with van der Waals surface area (Å²) in [6, 6.07) is 3.65. The number of hydrogen-bond acceptors (Lipinski definition) is 4. The van der Waals surface area contributed by atoms with E-state index in [1.165, 1.54) is 12.1 Å². The molecule has 0 spiro atoms. The number of alkyl halides is 3. The largest absolute Gasteiger partial charge is 0.433 e.